The van der Waals surface area contributed by atoms with Crippen LogP contribution in [0.25, 0.3) is 0 Å². The molecular formula is C12H23NO2. The van der Waals surface area contributed by atoms with Crippen LogP contribution in [0.4, 0.5) is 0 Å². The monoisotopic (exact) mass is 213 g/mol. The maximum atomic E-state index is 5.98. The Hall–Kier alpha value is -0.120. The molecule has 0 aromatic carbocycles. The summed E-state index contributed by atoms with van der Waals surface area (Å²) in [5, 5.41) is 0. The normalized spacial score (nSPS) is 34.2. The number of hydrogen-bond acceptors (Lipinski definition) is 3. The van der Waals surface area contributed by atoms with Gasteiger partial charge < -0.3 is 15.2 Å². The number of ether oxygens (including phenoxy) is 2. The molecule has 1 unspecified atom stereocenters. The Bertz CT molecular complexity index is 222. The Morgan fingerprint density at radius 1 is 1.20 bits per heavy atom. The Balaban J connectivity index is 2.06. The summed E-state index contributed by atoms with van der Waals surface area (Å²) in [5.74, 6) is -0.412. The van der Waals surface area contributed by atoms with Gasteiger partial charge in [0.05, 0.1) is 12.7 Å². The topological polar surface area (TPSA) is 44.5 Å². The lowest BCUT2D eigenvalue weighted by Gasteiger charge is -2.40. The zero-order valence-corrected chi connectivity index (χ0v) is 9.92. The number of hydrogen-bond donors (Lipinski definition) is 1. The van der Waals surface area contributed by atoms with Crippen LogP contribution in [0.5, 0.6) is 0 Å². The largest absolute Gasteiger partial charge is 0.348 e. The number of rotatable bonds is 2. The molecule has 3 nitrogen and oxygen atoms in total. The van der Waals surface area contributed by atoms with Crippen molar-refractivity contribution >= 4 is 0 Å². The highest BCUT2D eigenvalue weighted by Crippen LogP contribution is 2.43. The predicted molar refractivity (Wildman–Crippen MR) is 59.5 cm³/mol. The van der Waals surface area contributed by atoms with Crippen LogP contribution in [0.1, 0.15) is 46.0 Å². The minimum atomic E-state index is -0.412. The van der Waals surface area contributed by atoms with Gasteiger partial charge in [0.25, 0.3) is 0 Å². The summed E-state index contributed by atoms with van der Waals surface area (Å²) in [6, 6.07) is 0. The van der Waals surface area contributed by atoms with Crippen LogP contribution in [-0.2, 0) is 9.47 Å². The van der Waals surface area contributed by atoms with Gasteiger partial charge in [-0.25, -0.2) is 0 Å². The molecule has 2 aliphatic rings. The van der Waals surface area contributed by atoms with Gasteiger partial charge in [-0.15, -0.1) is 0 Å². The molecule has 2 rings (SSSR count). The molecule has 88 valence electrons. The van der Waals surface area contributed by atoms with Crippen LogP contribution in [-0.4, -0.2) is 25.0 Å². The molecule has 0 aromatic heterocycles. The molecule has 3 heteroatoms. The van der Waals surface area contributed by atoms with Crippen molar-refractivity contribution in [2.45, 2.75) is 57.8 Å². The second-order valence-corrected chi connectivity index (χ2v) is 5.44. The minimum Gasteiger partial charge on any atom is -0.348 e. The van der Waals surface area contributed by atoms with Gasteiger partial charge >= 0.3 is 0 Å². The van der Waals surface area contributed by atoms with E-state index in [0.29, 0.717) is 6.61 Å². The molecule has 1 aliphatic carbocycles. The van der Waals surface area contributed by atoms with E-state index in [1.54, 1.807) is 0 Å². The molecular weight excluding hydrogens is 190 g/mol. The number of nitrogens with two attached hydrogens (primary N) is 1. The highest BCUT2D eigenvalue weighted by molar-refractivity contribution is 4.93. The molecule has 0 bridgehead atoms. The van der Waals surface area contributed by atoms with E-state index in [1.807, 2.05) is 13.8 Å². The molecule has 2 fully saturated rings. The molecule has 1 saturated heterocycles. The fraction of sp³-hybridized carbons (Fsp3) is 1.00. The van der Waals surface area contributed by atoms with Crippen molar-refractivity contribution in [2.24, 2.45) is 11.1 Å². The van der Waals surface area contributed by atoms with Gasteiger partial charge in [-0.05, 0) is 26.7 Å². The quantitative estimate of drug-likeness (QED) is 0.763. The first kappa shape index (κ1) is 11.4. The van der Waals surface area contributed by atoms with Gasteiger partial charge in [-0.3, -0.25) is 0 Å². The maximum Gasteiger partial charge on any atom is 0.163 e. The highest BCUT2D eigenvalue weighted by atomic mass is 16.7. The van der Waals surface area contributed by atoms with Crippen molar-refractivity contribution in [2.75, 3.05) is 13.2 Å². The summed E-state index contributed by atoms with van der Waals surface area (Å²) in [4.78, 5) is 0. The molecule has 1 atom stereocenters. The van der Waals surface area contributed by atoms with Gasteiger partial charge in [0.15, 0.2) is 5.79 Å². The minimum absolute atomic E-state index is 0.187. The van der Waals surface area contributed by atoms with Crippen molar-refractivity contribution in [3.05, 3.63) is 0 Å². The molecule has 0 spiro atoms. The third kappa shape index (κ3) is 2.19. The van der Waals surface area contributed by atoms with Crippen LogP contribution < -0.4 is 5.73 Å². The average molecular weight is 213 g/mol. The summed E-state index contributed by atoms with van der Waals surface area (Å²) in [6.07, 6.45) is 6.53. The third-order valence-electron chi connectivity index (χ3n) is 3.95. The lowest BCUT2D eigenvalue weighted by atomic mass is 9.70. The Morgan fingerprint density at radius 2 is 1.87 bits per heavy atom. The van der Waals surface area contributed by atoms with Crippen LogP contribution in [0.2, 0.25) is 0 Å². The van der Waals surface area contributed by atoms with Crippen molar-refractivity contribution in [3.8, 4) is 0 Å². The van der Waals surface area contributed by atoms with Gasteiger partial charge in [0.2, 0.25) is 0 Å². The molecule has 15 heavy (non-hydrogen) atoms. The molecule has 0 amide bonds. The van der Waals surface area contributed by atoms with E-state index in [4.69, 9.17) is 15.2 Å². The molecule has 1 heterocycles. The molecule has 1 aliphatic heterocycles. The van der Waals surface area contributed by atoms with E-state index in [9.17, 15) is 0 Å². The summed E-state index contributed by atoms with van der Waals surface area (Å²) < 4.78 is 11.6. The van der Waals surface area contributed by atoms with E-state index in [2.05, 4.69) is 0 Å². The fourth-order valence-corrected chi connectivity index (χ4v) is 2.90. The third-order valence-corrected chi connectivity index (χ3v) is 3.95. The first-order chi connectivity index (χ1) is 7.08. The van der Waals surface area contributed by atoms with Crippen molar-refractivity contribution in [3.63, 3.8) is 0 Å². The van der Waals surface area contributed by atoms with Crippen LogP contribution in [0.3, 0.4) is 0 Å². The first-order valence-corrected chi connectivity index (χ1v) is 6.10. The lowest BCUT2D eigenvalue weighted by Crippen LogP contribution is -2.45. The Kier molecular flexibility index (Phi) is 3.06. The van der Waals surface area contributed by atoms with Crippen LogP contribution >= 0.6 is 0 Å². The second kappa shape index (κ2) is 4.04. The summed E-state index contributed by atoms with van der Waals surface area (Å²) in [7, 11) is 0. The second-order valence-electron chi connectivity index (χ2n) is 5.44. The molecule has 0 radical (unpaired) electrons. The summed E-state index contributed by atoms with van der Waals surface area (Å²) in [6.45, 7) is 5.42. The predicted octanol–water partition coefficient (Wildman–Crippen LogP) is 2.05. The van der Waals surface area contributed by atoms with Crippen LogP contribution in [0.15, 0.2) is 0 Å². The lowest BCUT2D eigenvalue weighted by molar-refractivity contribution is -0.156. The highest BCUT2D eigenvalue weighted by Gasteiger charge is 2.46. The molecule has 0 aromatic rings. The standard InChI is InChI=1S/C12H23NO2/c1-11(2)14-8-10(15-11)12(9-13)6-4-3-5-7-12/h10H,3-9,13H2,1-2H3. The SMILES string of the molecule is CC1(C)OCC(C2(CN)CCCCC2)O1. The van der Waals surface area contributed by atoms with Crippen molar-refractivity contribution in [1.82, 2.24) is 0 Å². The Labute approximate surface area is 92.3 Å². The van der Waals surface area contributed by atoms with Gasteiger partial charge in [0.1, 0.15) is 0 Å². The van der Waals surface area contributed by atoms with Crippen LogP contribution in [0, 0.1) is 5.41 Å². The van der Waals surface area contributed by atoms with Gasteiger partial charge in [0, 0.05) is 12.0 Å². The average Bonchev–Trinajstić information content (AvgIpc) is 2.60. The maximum absolute atomic E-state index is 5.98. The molecule has 1 saturated carbocycles. The van der Waals surface area contributed by atoms with Gasteiger partial charge in [-0.1, -0.05) is 19.3 Å². The van der Waals surface area contributed by atoms with E-state index < -0.39 is 5.79 Å². The Morgan fingerprint density at radius 3 is 2.33 bits per heavy atom. The van der Waals surface area contributed by atoms with Crippen molar-refractivity contribution in [1.29, 1.82) is 0 Å². The zero-order chi connectivity index (χ0) is 10.9. The molecule has 2 N–H and O–H groups in total. The summed E-state index contributed by atoms with van der Waals surface area (Å²) in [5.41, 5.74) is 6.16. The van der Waals surface area contributed by atoms with E-state index in [0.717, 1.165) is 6.54 Å². The van der Waals surface area contributed by atoms with Gasteiger partial charge in [-0.2, -0.15) is 0 Å². The van der Waals surface area contributed by atoms with E-state index >= 15 is 0 Å². The van der Waals surface area contributed by atoms with Crippen molar-refractivity contribution < 1.29 is 9.47 Å². The summed E-state index contributed by atoms with van der Waals surface area (Å²) >= 11 is 0. The first-order valence-electron chi connectivity index (χ1n) is 6.10. The van der Waals surface area contributed by atoms with E-state index in [-0.39, 0.29) is 11.5 Å². The van der Waals surface area contributed by atoms with E-state index in [1.165, 1.54) is 32.1 Å². The smallest absolute Gasteiger partial charge is 0.163 e. The zero-order valence-electron chi connectivity index (χ0n) is 9.92. The fourth-order valence-electron chi connectivity index (χ4n) is 2.90.